The highest BCUT2D eigenvalue weighted by atomic mass is 32.1. The molecular weight excluding hydrogens is 292 g/mol. The summed E-state index contributed by atoms with van der Waals surface area (Å²) in [6.07, 6.45) is 1.48. The Labute approximate surface area is 124 Å². The molecule has 1 fully saturated rings. The Morgan fingerprint density at radius 2 is 2.33 bits per heavy atom. The summed E-state index contributed by atoms with van der Waals surface area (Å²) in [5.74, 6) is -0.813. The highest BCUT2D eigenvalue weighted by Crippen LogP contribution is 2.31. The van der Waals surface area contributed by atoms with Crippen LogP contribution in [-0.4, -0.2) is 42.7 Å². The van der Waals surface area contributed by atoms with Gasteiger partial charge in [-0.2, -0.15) is 9.61 Å². The van der Waals surface area contributed by atoms with Crippen LogP contribution in [0.2, 0.25) is 0 Å². The van der Waals surface area contributed by atoms with Gasteiger partial charge in [0.15, 0.2) is 0 Å². The summed E-state index contributed by atoms with van der Waals surface area (Å²) in [5, 5.41) is 14.4. The van der Waals surface area contributed by atoms with Gasteiger partial charge in [-0.05, 0) is 33.2 Å². The monoisotopic (exact) mass is 308 g/mol. The first-order valence-electron chi connectivity index (χ1n) is 6.75. The van der Waals surface area contributed by atoms with Crippen molar-refractivity contribution in [3.63, 3.8) is 0 Å². The second-order valence-corrected chi connectivity index (χ2v) is 6.57. The molecular formula is C13H16N4O3S. The molecule has 1 saturated heterocycles. The summed E-state index contributed by atoms with van der Waals surface area (Å²) in [6, 6.07) is 1.44. The normalized spacial score (nSPS) is 23.0. The lowest BCUT2D eigenvalue weighted by molar-refractivity contribution is -0.148. The molecule has 7 nitrogen and oxygen atoms in total. The minimum Gasteiger partial charge on any atom is -0.480 e. The summed E-state index contributed by atoms with van der Waals surface area (Å²) in [7, 11) is 0. The number of fused-ring (bicyclic) bond motifs is 1. The highest BCUT2D eigenvalue weighted by molar-refractivity contribution is 7.16. The molecule has 1 unspecified atom stereocenters. The predicted octanol–water partition coefficient (Wildman–Crippen LogP) is 0.899. The number of aromatic nitrogens is 3. The van der Waals surface area contributed by atoms with E-state index in [1.165, 1.54) is 21.9 Å². The van der Waals surface area contributed by atoms with E-state index >= 15 is 0 Å². The van der Waals surface area contributed by atoms with Gasteiger partial charge in [0, 0.05) is 11.8 Å². The fourth-order valence-corrected chi connectivity index (χ4v) is 3.66. The first kappa shape index (κ1) is 14.2. The Kier molecular flexibility index (Phi) is 3.29. The SMILES string of the molecule is Cc1cc(=O)n2nc(CN3CCCC3(C)C(=O)O)sc2n1. The van der Waals surface area contributed by atoms with Crippen LogP contribution in [0.5, 0.6) is 0 Å². The van der Waals surface area contributed by atoms with E-state index in [2.05, 4.69) is 10.1 Å². The van der Waals surface area contributed by atoms with Crippen LogP contribution in [0.25, 0.3) is 4.96 Å². The van der Waals surface area contributed by atoms with Crippen LogP contribution in [0.4, 0.5) is 0 Å². The van der Waals surface area contributed by atoms with Gasteiger partial charge in [0.05, 0.1) is 6.54 Å². The topological polar surface area (TPSA) is 87.8 Å². The van der Waals surface area contributed by atoms with Gasteiger partial charge in [0.2, 0.25) is 4.96 Å². The molecule has 0 aliphatic carbocycles. The zero-order chi connectivity index (χ0) is 15.2. The molecule has 1 N–H and O–H groups in total. The maximum atomic E-state index is 11.8. The van der Waals surface area contributed by atoms with E-state index in [0.717, 1.165) is 13.0 Å². The predicted molar refractivity (Wildman–Crippen MR) is 77.6 cm³/mol. The molecule has 0 amide bonds. The minimum atomic E-state index is -0.855. The number of hydrogen-bond donors (Lipinski definition) is 1. The van der Waals surface area contributed by atoms with E-state index in [1.807, 2.05) is 4.90 Å². The smallest absolute Gasteiger partial charge is 0.323 e. The number of carbonyl (C=O) groups is 1. The van der Waals surface area contributed by atoms with Crippen LogP contribution in [-0.2, 0) is 11.3 Å². The van der Waals surface area contributed by atoms with E-state index in [4.69, 9.17) is 0 Å². The summed E-state index contributed by atoms with van der Waals surface area (Å²) >= 11 is 1.33. The van der Waals surface area contributed by atoms with E-state index in [0.29, 0.717) is 28.6 Å². The van der Waals surface area contributed by atoms with Crippen molar-refractivity contribution in [1.29, 1.82) is 0 Å². The zero-order valence-corrected chi connectivity index (χ0v) is 12.7. The van der Waals surface area contributed by atoms with Crippen molar-refractivity contribution in [2.75, 3.05) is 6.54 Å². The van der Waals surface area contributed by atoms with Crippen molar-refractivity contribution in [1.82, 2.24) is 19.5 Å². The van der Waals surface area contributed by atoms with Crippen LogP contribution in [0.15, 0.2) is 10.9 Å². The Morgan fingerprint density at radius 3 is 3.05 bits per heavy atom. The number of hydrogen-bond acceptors (Lipinski definition) is 6. The standard InChI is InChI=1S/C13H16N4O3S/c1-8-6-10(18)17-12(14-8)21-9(15-17)7-16-5-3-4-13(16,2)11(19)20/h6H,3-5,7H2,1-2H3,(H,19,20). The third kappa shape index (κ3) is 2.34. The molecule has 2 aromatic rings. The van der Waals surface area contributed by atoms with Crippen molar-refractivity contribution in [2.24, 2.45) is 0 Å². The number of aliphatic carboxylic acids is 1. The van der Waals surface area contributed by atoms with Crippen LogP contribution in [0, 0.1) is 6.92 Å². The average Bonchev–Trinajstić information content (AvgIpc) is 2.95. The largest absolute Gasteiger partial charge is 0.480 e. The lowest BCUT2D eigenvalue weighted by Crippen LogP contribution is -2.47. The quantitative estimate of drug-likeness (QED) is 0.906. The van der Waals surface area contributed by atoms with E-state index in [-0.39, 0.29) is 5.56 Å². The van der Waals surface area contributed by atoms with Crippen molar-refractivity contribution >= 4 is 22.3 Å². The maximum Gasteiger partial charge on any atom is 0.323 e. The number of likely N-dealkylation sites (tertiary alicyclic amines) is 1. The molecule has 0 radical (unpaired) electrons. The second-order valence-electron chi connectivity index (χ2n) is 5.53. The molecule has 1 atom stereocenters. The third-order valence-corrected chi connectivity index (χ3v) is 4.88. The molecule has 21 heavy (non-hydrogen) atoms. The Balaban J connectivity index is 1.94. The van der Waals surface area contributed by atoms with Gasteiger partial charge in [-0.15, -0.1) is 0 Å². The molecule has 8 heteroatoms. The number of nitrogens with zero attached hydrogens (tertiary/aromatic N) is 4. The molecule has 0 aromatic carbocycles. The first-order valence-corrected chi connectivity index (χ1v) is 7.57. The van der Waals surface area contributed by atoms with Gasteiger partial charge >= 0.3 is 5.97 Å². The Bertz CT molecular complexity index is 768. The van der Waals surface area contributed by atoms with Crippen LogP contribution in [0.1, 0.15) is 30.5 Å². The fraction of sp³-hybridized carbons (Fsp3) is 0.538. The molecule has 1 aliphatic heterocycles. The molecule has 0 bridgehead atoms. The first-order chi connectivity index (χ1) is 9.90. The second kappa shape index (κ2) is 4.88. The average molecular weight is 308 g/mol. The van der Waals surface area contributed by atoms with Crippen molar-refractivity contribution in [3.8, 4) is 0 Å². The van der Waals surface area contributed by atoms with Gasteiger partial charge < -0.3 is 5.11 Å². The fourth-order valence-electron chi connectivity index (χ4n) is 2.70. The Morgan fingerprint density at radius 1 is 1.57 bits per heavy atom. The van der Waals surface area contributed by atoms with Crippen LogP contribution < -0.4 is 5.56 Å². The molecule has 0 saturated carbocycles. The summed E-state index contributed by atoms with van der Waals surface area (Å²) < 4.78 is 1.28. The van der Waals surface area contributed by atoms with Crippen molar-refractivity contribution in [2.45, 2.75) is 38.8 Å². The van der Waals surface area contributed by atoms with Crippen LogP contribution in [0.3, 0.4) is 0 Å². The highest BCUT2D eigenvalue weighted by Gasteiger charge is 2.43. The van der Waals surface area contributed by atoms with Gasteiger partial charge in [0.25, 0.3) is 5.56 Å². The zero-order valence-electron chi connectivity index (χ0n) is 11.9. The molecule has 2 aromatic heterocycles. The van der Waals surface area contributed by atoms with E-state index in [1.54, 1.807) is 13.8 Å². The molecule has 1 aliphatic rings. The maximum absolute atomic E-state index is 11.8. The number of aryl methyl sites for hydroxylation is 1. The number of carboxylic acids is 1. The van der Waals surface area contributed by atoms with Gasteiger partial charge in [-0.3, -0.25) is 14.5 Å². The number of rotatable bonds is 3. The Hall–Kier alpha value is -1.80. The lowest BCUT2D eigenvalue weighted by atomic mass is 9.99. The van der Waals surface area contributed by atoms with Crippen molar-refractivity contribution < 1.29 is 9.90 Å². The third-order valence-electron chi connectivity index (χ3n) is 3.99. The molecule has 0 spiro atoms. The summed E-state index contributed by atoms with van der Waals surface area (Å²) in [6.45, 7) is 4.66. The van der Waals surface area contributed by atoms with Gasteiger partial charge in [0.1, 0.15) is 10.5 Å². The summed E-state index contributed by atoms with van der Waals surface area (Å²) in [4.78, 5) is 30.1. The molecule has 3 rings (SSSR count). The molecule has 112 valence electrons. The van der Waals surface area contributed by atoms with E-state index < -0.39 is 11.5 Å². The van der Waals surface area contributed by atoms with E-state index in [9.17, 15) is 14.7 Å². The number of carboxylic acid groups (broad SMARTS) is 1. The van der Waals surface area contributed by atoms with Crippen molar-refractivity contribution in [3.05, 3.63) is 27.1 Å². The molecule has 3 heterocycles. The van der Waals surface area contributed by atoms with Gasteiger partial charge in [-0.1, -0.05) is 11.3 Å². The minimum absolute atomic E-state index is 0.206. The lowest BCUT2D eigenvalue weighted by Gasteiger charge is -2.30. The van der Waals surface area contributed by atoms with Crippen LogP contribution >= 0.6 is 11.3 Å². The van der Waals surface area contributed by atoms with Gasteiger partial charge in [-0.25, -0.2) is 4.98 Å². The summed E-state index contributed by atoms with van der Waals surface area (Å²) in [5.41, 5.74) is -0.402.